The normalized spacial score (nSPS) is 11.5. The van der Waals surface area contributed by atoms with Crippen LogP contribution in [0.2, 0.25) is 5.02 Å². The zero-order valence-electron chi connectivity index (χ0n) is 22.2. The molecule has 3 aromatic heterocycles. The van der Waals surface area contributed by atoms with Crippen molar-refractivity contribution < 1.29 is 4.39 Å². The van der Waals surface area contributed by atoms with Gasteiger partial charge in [-0.15, -0.1) is 0 Å². The van der Waals surface area contributed by atoms with Gasteiger partial charge in [-0.1, -0.05) is 67.4 Å². The van der Waals surface area contributed by atoms with Gasteiger partial charge in [-0.3, -0.25) is 9.36 Å². The van der Waals surface area contributed by atoms with Crippen LogP contribution >= 0.6 is 11.6 Å². The Morgan fingerprint density at radius 3 is 2.58 bits per heavy atom. The second-order valence-corrected chi connectivity index (χ2v) is 10.3. The Morgan fingerprint density at radius 1 is 0.950 bits per heavy atom. The van der Waals surface area contributed by atoms with Crippen LogP contribution in [0.5, 0.6) is 0 Å². The van der Waals surface area contributed by atoms with Gasteiger partial charge in [0.2, 0.25) is 0 Å². The Hall–Kier alpha value is -4.36. The summed E-state index contributed by atoms with van der Waals surface area (Å²) in [5.41, 5.74) is 4.47. The number of pyridine rings is 1. The van der Waals surface area contributed by atoms with Crippen molar-refractivity contribution in [1.82, 2.24) is 24.3 Å². The fourth-order valence-corrected chi connectivity index (χ4v) is 5.50. The van der Waals surface area contributed by atoms with Gasteiger partial charge in [0, 0.05) is 16.3 Å². The summed E-state index contributed by atoms with van der Waals surface area (Å²) in [6.45, 7) is 4.22. The first-order valence-electron chi connectivity index (χ1n) is 13.3. The van der Waals surface area contributed by atoms with Gasteiger partial charge in [0.1, 0.15) is 17.8 Å². The molecule has 0 radical (unpaired) electrons. The summed E-state index contributed by atoms with van der Waals surface area (Å²) < 4.78 is 18.4. The summed E-state index contributed by atoms with van der Waals surface area (Å²) in [4.78, 5) is 23.2. The molecule has 0 saturated heterocycles. The van der Waals surface area contributed by atoms with Crippen molar-refractivity contribution in [3.63, 3.8) is 0 Å². The van der Waals surface area contributed by atoms with Gasteiger partial charge >= 0.3 is 0 Å². The molecule has 40 heavy (non-hydrogen) atoms. The number of rotatable bonds is 7. The highest BCUT2D eigenvalue weighted by Crippen LogP contribution is 2.32. The molecule has 0 aliphatic carbocycles. The first-order chi connectivity index (χ1) is 19.5. The van der Waals surface area contributed by atoms with Crippen molar-refractivity contribution in [1.29, 1.82) is 0 Å². The fourth-order valence-electron chi connectivity index (χ4n) is 5.31. The summed E-state index contributed by atoms with van der Waals surface area (Å²) >= 11 is 6.36. The third-order valence-corrected chi connectivity index (χ3v) is 7.44. The Balaban J connectivity index is 1.62. The predicted octanol–water partition coefficient (Wildman–Crippen LogP) is 7.29. The summed E-state index contributed by atoms with van der Waals surface area (Å²) in [6, 6.07) is 21.5. The lowest BCUT2D eigenvalue weighted by atomic mass is 10.1. The molecular formula is C32H27ClFN5O. The Bertz CT molecular complexity index is 1940. The maximum Gasteiger partial charge on any atom is 0.263 e. The largest absolute Gasteiger partial charge is 0.276 e. The molecule has 0 amide bonds. The van der Waals surface area contributed by atoms with E-state index in [2.05, 4.69) is 16.9 Å². The van der Waals surface area contributed by atoms with E-state index in [0.29, 0.717) is 21.7 Å². The van der Waals surface area contributed by atoms with Crippen LogP contribution in [0.25, 0.3) is 38.8 Å². The monoisotopic (exact) mass is 551 g/mol. The van der Waals surface area contributed by atoms with Crippen LogP contribution in [-0.2, 0) is 13.0 Å². The molecule has 0 fully saturated rings. The number of benzene rings is 3. The van der Waals surface area contributed by atoms with Gasteiger partial charge < -0.3 is 0 Å². The molecular weight excluding hydrogens is 525 g/mol. The minimum Gasteiger partial charge on any atom is -0.276 e. The minimum absolute atomic E-state index is 0.189. The summed E-state index contributed by atoms with van der Waals surface area (Å²) in [5, 5.41) is 7.80. The fraction of sp³-hybridized carbons (Fsp3) is 0.188. The van der Waals surface area contributed by atoms with Crippen LogP contribution in [0, 0.1) is 12.7 Å². The second-order valence-electron chi connectivity index (χ2n) is 9.91. The number of aryl methyl sites for hydroxylation is 2. The van der Waals surface area contributed by atoms with Crippen molar-refractivity contribution in [3.05, 3.63) is 117 Å². The molecule has 6 rings (SSSR count). The molecule has 0 N–H and O–H groups in total. The van der Waals surface area contributed by atoms with E-state index in [9.17, 15) is 4.79 Å². The highest BCUT2D eigenvalue weighted by Gasteiger charge is 2.21. The number of hydrogen-bond donors (Lipinski definition) is 0. The highest BCUT2D eigenvalue weighted by molar-refractivity contribution is 6.30. The number of unbranched alkanes of at least 4 members (excludes halogenated alkanes) is 1. The van der Waals surface area contributed by atoms with Crippen LogP contribution in [0.4, 0.5) is 4.39 Å². The van der Waals surface area contributed by atoms with Crippen molar-refractivity contribution in [2.24, 2.45) is 0 Å². The van der Waals surface area contributed by atoms with Gasteiger partial charge in [0.15, 0.2) is 5.65 Å². The molecule has 0 bridgehead atoms. The molecule has 8 heteroatoms. The summed E-state index contributed by atoms with van der Waals surface area (Å²) in [7, 11) is 0. The molecule has 0 atom stereocenters. The molecule has 6 nitrogen and oxygen atoms in total. The van der Waals surface area contributed by atoms with Crippen molar-refractivity contribution >= 4 is 33.4 Å². The van der Waals surface area contributed by atoms with E-state index >= 15 is 4.39 Å². The lowest BCUT2D eigenvalue weighted by Gasteiger charge is -2.16. The van der Waals surface area contributed by atoms with Crippen LogP contribution in [0.15, 0.2) is 83.9 Å². The zero-order chi connectivity index (χ0) is 27.8. The van der Waals surface area contributed by atoms with Crippen LogP contribution < -0.4 is 5.56 Å². The first kappa shape index (κ1) is 25.9. The van der Waals surface area contributed by atoms with Crippen molar-refractivity contribution in [3.8, 4) is 16.9 Å². The van der Waals surface area contributed by atoms with Crippen LogP contribution in [0.1, 0.15) is 36.7 Å². The molecule has 0 saturated carbocycles. The van der Waals surface area contributed by atoms with Crippen LogP contribution in [0.3, 0.4) is 0 Å². The van der Waals surface area contributed by atoms with E-state index < -0.39 is 5.82 Å². The third kappa shape index (κ3) is 4.56. The number of fused-ring (bicyclic) bond motifs is 2. The summed E-state index contributed by atoms with van der Waals surface area (Å²) in [5.74, 6) is -0.479. The van der Waals surface area contributed by atoms with E-state index in [1.165, 1.54) is 10.6 Å². The van der Waals surface area contributed by atoms with Gasteiger partial charge in [-0.05, 0) is 61.0 Å². The number of halogens is 2. The molecule has 6 aromatic rings. The second kappa shape index (κ2) is 10.7. The number of aromatic nitrogens is 5. The number of nitrogens with zero attached hydrogens (tertiary/aromatic N) is 5. The van der Waals surface area contributed by atoms with Crippen molar-refractivity contribution in [2.45, 2.75) is 39.7 Å². The molecule has 0 spiro atoms. The van der Waals surface area contributed by atoms with Gasteiger partial charge in [-0.25, -0.2) is 19.0 Å². The smallest absolute Gasteiger partial charge is 0.263 e. The maximum atomic E-state index is 15.1. The average molecular weight is 552 g/mol. The average Bonchev–Trinajstić information content (AvgIpc) is 3.31. The maximum absolute atomic E-state index is 15.1. The van der Waals surface area contributed by atoms with E-state index in [0.717, 1.165) is 52.5 Å². The third-order valence-electron chi connectivity index (χ3n) is 7.21. The molecule has 200 valence electrons. The predicted molar refractivity (Wildman–Crippen MR) is 158 cm³/mol. The van der Waals surface area contributed by atoms with Gasteiger partial charge in [0.25, 0.3) is 5.56 Å². The molecule has 0 aliphatic rings. The molecule has 3 aromatic carbocycles. The van der Waals surface area contributed by atoms with Crippen molar-refractivity contribution in [2.75, 3.05) is 0 Å². The Kier molecular flexibility index (Phi) is 6.90. The van der Waals surface area contributed by atoms with E-state index in [4.69, 9.17) is 16.7 Å². The first-order valence-corrected chi connectivity index (χ1v) is 13.7. The van der Waals surface area contributed by atoms with E-state index in [-0.39, 0.29) is 17.8 Å². The minimum atomic E-state index is -0.479. The Labute approximate surface area is 235 Å². The Morgan fingerprint density at radius 2 is 1.77 bits per heavy atom. The standard InChI is InChI=1S/C32H27ClFN5O/c1-3-4-14-26-29-30(22-11-8-12-23(33)16-22)37-38(31(29)36-19-35-26)18-24-17-21-10-7-9-20(2)28(21)32(40)39(24)27-15-6-5-13-25(27)34/h5-13,15-17,19H,3-4,14,18H2,1-2H3. The van der Waals surface area contributed by atoms with E-state index in [1.807, 2.05) is 55.5 Å². The van der Waals surface area contributed by atoms with Gasteiger partial charge in [-0.2, -0.15) is 5.10 Å². The van der Waals surface area contributed by atoms with E-state index in [1.54, 1.807) is 29.2 Å². The molecule has 0 aliphatic heterocycles. The quantitative estimate of drug-likeness (QED) is 0.209. The number of hydrogen-bond acceptors (Lipinski definition) is 4. The molecule has 0 unspecified atom stereocenters. The lowest BCUT2D eigenvalue weighted by molar-refractivity contribution is 0.606. The van der Waals surface area contributed by atoms with Gasteiger partial charge in [0.05, 0.1) is 28.7 Å². The highest BCUT2D eigenvalue weighted by atomic mass is 35.5. The molecule has 3 heterocycles. The van der Waals surface area contributed by atoms with Crippen LogP contribution in [-0.4, -0.2) is 24.3 Å². The lowest BCUT2D eigenvalue weighted by Crippen LogP contribution is -2.25. The topological polar surface area (TPSA) is 65.6 Å². The zero-order valence-corrected chi connectivity index (χ0v) is 23.0. The SMILES string of the molecule is CCCCc1ncnc2c1c(-c1cccc(Cl)c1)nn2Cc1cc2cccc(C)c2c(=O)n1-c1ccccc1F. The number of para-hydroxylation sites is 1. The summed E-state index contributed by atoms with van der Waals surface area (Å²) in [6.07, 6.45) is 4.34.